The molecule has 1 aromatic carbocycles. The van der Waals surface area contributed by atoms with E-state index in [9.17, 15) is 15.2 Å². The summed E-state index contributed by atoms with van der Waals surface area (Å²) in [6, 6.07) is 12.0. The fourth-order valence-corrected chi connectivity index (χ4v) is 3.01. The largest absolute Gasteiger partial charge is 0.395 e. The van der Waals surface area contributed by atoms with Crippen molar-refractivity contribution in [2.24, 2.45) is 5.41 Å². The van der Waals surface area contributed by atoms with Crippen LogP contribution in [-0.4, -0.2) is 29.1 Å². The molecule has 0 aliphatic heterocycles. The maximum atomic E-state index is 12.8. The van der Waals surface area contributed by atoms with E-state index in [2.05, 4.69) is 6.07 Å². The van der Waals surface area contributed by atoms with Crippen molar-refractivity contribution >= 4 is 5.91 Å². The Morgan fingerprint density at radius 1 is 1.24 bits per heavy atom. The van der Waals surface area contributed by atoms with Crippen molar-refractivity contribution in [2.45, 2.75) is 38.6 Å². The maximum absolute atomic E-state index is 12.8. The molecule has 1 amide bonds. The Balaban J connectivity index is 2.16. The highest BCUT2D eigenvalue weighted by Gasteiger charge is 2.42. The first-order chi connectivity index (χ1) is 10.2. The Labute approximate surface area is 126 Å². The highest BCUT2D eigenvalue weighted by molar-refractivity contribution is 5.85. The summed E-state index contributed by atoms with van der Waals surface area (Å²) < 4.78 is 0. The van der Waals surface area contributed by atoms with Gasteiger partial charge in [0.25, 0.3) is 0 Å². The first-order valence-corrected chi connectivity index (χ1v) is 7.57. The van der Waals surface area contributed by atoms with Gasteiger partial charge in [0.2, 0.25) is 5.91 Å². The molecule has 1 saturated carbocycles. The number of rotatable bonds is 5. The van der Waals surface area contributed by atoms with Gasteiger partial charge < -0.3 is 10.0 Å². The molecule has 0 unspecified atom stereocenters. The molecule has 112 valence electrons. The Kier molecular flexibility index (Phi) is 5.35. The molecule has 4 nitrogen and oxygen atoms in total. The second-order valence-electron chi connectivity index (χ2n) is 5.69. The van der Waals surface area contributed by atoms with Crippen molar-refractivity contribution in [1.82, 2.24) is 4.90 Å². The molecule has 0 radical (unpaired) electrons. The highest BCUT2D eigenvalue weighted by atomic mass is 16.3. The number of amides is 1. The van der Waals surface area contributed by atoms with Gasteiger partial charge in [-0.2, -0.15) is 5.26 Å². The average Bonchev–Trinajstić information content (AvgIpc) is 2.55. The van der Waals surface area contributed by atoms with Gasteiger partial charge >= 0.3 is 0 Å². The van der Waals surface area contributed by atoms with Crippen molar-refractivity contribution < 1.29 is 9.90 Å². The third kappa shape index (κ3) is 3.62. The molecule has 1 aliphatic rings. The first-order valence-electron chi connectivity index (χ1n) is 7.57. The van der Waals surface area contributed by atoms with Gasteiger partial charge in [0.15, 0.2) is 0 Å². The molecule has 4 heteroatoms. The summed E-state index contributed by atoms with van der Waals surface area (Å²) in [4.78, 5) is 14.5. The second-order valence-corrected chi connectivity index (χ2v) is 5.69. The molecule has 0 atom stereocenters. The number of hydrogen-bond donors (Lipinski definition) is 1. The van der Waals surface area contributed by atoms with E-state index in [-0.39, 0.29) is 19.1 Å². The van der Waals surface area contributed by atoms with Gasteiger partial charge in [0, 0.05) is 13.1 Å². The number of carbonyl (C=O) groups is 1. The number of hydrogen-bond acceptors (Lipinski definition) is 3. The summed E-state index contributed by atoms with van der Waals surface area (Å²) in [5.41, 5.74) is 0.130. The van der Waals surface area contributed by atoms with Gasteiger partial charge in [-0.3, -0.25) is 4.79 Å². The van der Waals surface area contributed by atoms with E-state index in [0.717, 1.165) is 24.8 Å². The Morgan fingerprint density at radius 3 is 2.48 bits per heavy atom. The van der Waals surface area contributed by atoms with E-state index < -0.39 is 5.41 Å². The number of nitrogens with zero attached hydrogens (tertiary/aromatic N) is 2. The van der Waals surface area contributed by atoms with Crippen LogP contribution in [0.25, 0.3) is 0 Å². The Hall–Kier alpha value is -1.86. The molecule has 0 aromatic heterocycles. The van der Waals surface area contributed by atoms with Crippen molar-refractivity contribution in [1.29, 1.82) is 5.26 Å². The van der Waals surface area contributed by atoms with Crippen molar-refractivity contribution in [3.8, 4) is 6.07 Å². The molecule has 0 bridgehead atoms. The predicted molar refractivity (Wildman–Crippen MR) is 80.1 cm³/mol. The summed E-state index contributed by atoms with van der Waals surface area (Å²) in [5, 5.41) is 18.8. The molecule has 1 aromatic rings. The second kappa shape index (κ2) is 7.24. The minimum atomic E-state index is -0.887. The van der Waals surface area contributed by atoms with Gasteiger partial charge in [-0.25, -0.2) is 0 Å². The van der Waals surface area contributed by atoms with E-state index in [0.29, 0.717) is 19.4 Å². The van der Waals surface area contributed by atoms with Crippen LogP contribution in [0.3, 0.4) is 0 Å². The minimum Gasteiger partial charge on any atom is -0.395 e. The molecule has 2 rings (SSSR count). The van der Waals surface area contributed by atoms with E-state index >= 15 is 0 Å². The van der Waals surface area contributed by atoms with Crippen LogP contribution in [0.5, 0.6) is 0 Å². The quantitative estimate of drug-likeness (QED) is 0.904. The lowest BCUT2D eigenvalue weighted by Gasteiger charge is -2.34. The molecule has 0 saturated heterocycles. The molecule has 21 heavy (non-hydrogen) atoms. The van der Waals surface area contributed by atoms with Crippen LogP contribution in [0, 0.1) is 16.7 Å². The fourth-order valence-electron chi connectivity index (χ4n) is 3.01. The lowest BCUT2D eigenvalue weighted by atomic mass is 9.74. The topological polar surface area (TPSA) is 64.3 Å². The molecule has 1 N–H and O–H groups in total. The zero-order valence-electron chi connectivity index (χ0n) is 12.3. The summed E-state index contributed by atoms with van der Waals surface area (Å²) in [5.74, 6) is -0.123. The fraction of sp³-hybridized carbons (Fsp3) is 0.529. The summed E-state index contributed by atoms with van der Waals surface area (Å²) in [7, 11) is 0. The standard InChI is InChI=1S/C17H22N2O2/c18-14-17(9-5-2-6-10-17)16(21)19(11-12-20)13-15-7-3-1-4-8-15/h1,3-4,7-8,20H,2,5-6,9-13H2. The van der Waals surface area contributed by atoms with Crippen LogP contribution in [0.2, 0.25) is 0 Å². The predicted octanol–water partition coefficient (Wildman–Crippen LogP) is 2.48. The monoisotopic (exact) mass is 286 g/mol. The van der Waals surface area contributed by atoms with Crippen LogP contribution >= 0.6 is 0 Å². The molecule has 0 spiro atoms. The number of carbonyl (C=O) groups excluding carboxylic acids is 1. The smallest absolute Gasteiger partial charge is 0.243 e. The van der Waals surface area contributed by atoms with Gasteiger partial charge in [0.1, 0.15) is 5.41 Å². The Morgan fingerprint density at radius 2 is 1.90 bits per heavy atom. The third-order valence-electron chi connectivity index (χ3n) is 4.20. The van der Waals surface area contributed by atoms with E-state index in [4.69, 9.17) is 0 Å². The Bertz CT molecular complexity index is 501. The van der Waals surface area contributed by atoms with Crippen molar-refractivity contribution in [3.63, 3.8) is 0 Å². The van der Waals surface area contributed by atoms with E-state index in [1.54, 1.807) is 4.90 Å². The lowest BCUT2D eigenvalue weighted by molar-refractivity contribution is -0.141. The number of nitriles is 1. The molecule has 1 fully saturated rings. The van der Waals surface area contributed by atoms with Crippen LogP contribution < -0.4 is 0 Å². The molecular formula is C17H22N2O2. The summed E-state index contributed by atoms with van der Waals surface area (Å²) >= 11 is 0. The SMILES string of the molecule is N#CC1(C(=O)N(CCO)Cc2ccccc2)CCCCC1. The van der Waals surface area contributed by atoms with Crippen LogP contribution in [0.15, 0.2) is 30.3 Å². The van der Waals surface area contributed by atoms with Gasteiger partial charge in [-0.1, -0.05) is 49.6 Å². The van der Waals surface area contributed by atoms with Gasteiger partial charge in [-0.05, 0) is 18.4 Å². The van der Waals surface area contributed by atoms with Crippen LogP contribution in [0.1, 0.15) is 37.7 Å². The maximum Gasteiger partial charge on any atom is 0.243 e. The zero-order chi connectivity index (χ0) is 15.1. The number of aliphatic hydroxyl groups is 1. The van der Waals surface area contributed by atoms with Crippen LogP contribution in [-0.2, 0) is 11.3 Å². The zero-order valence-corrected chi connectivity index (χ0v) is 12.3. The van der Waals surface area contributed by atoms with Gasteiger partial charge in [0.05, 0.1) is 12.7 Å². The molecule has 1 aliphatic carbocycles. The summed E-state index contributed by atoms with van der Waals surface area (Å²) in [6.45, 7) is 0.640. The molecule has 0 heterocycles. The lowest BCUT2D eigenvalue weighted by Crippen LogP contribution is -2.45. The molecular weight excluding hydrogens is 264 g/mol. The average molecular weight is 286 g/mol. The first kappa shape index (κ1) is 15.5. The van der Waals surface area contributed by atoms with Gasteiger partial charge in [-0.15, -0.1) is 0 Å². The normalized spacial score (nSPS) is 17.0. The number of aliphatic hydroxyl groups excluding tert-OH is 1. The van der Waals surface area contributed by atoms with Crippen LogP contribution in [0.4, 0.5) is 0 Å². The number of benzene rings is 1. The van der Waals surface area contributed by atoms with Crippen molar-refractivity contribution in [3.05, 3.63) is 35.9 Å². The minimum absolute atomic E-state index is 0.0833. The van der Waals surface area contributed by atoms with E-state index in [1.165, 1.54) is 0 Å². The van der Waals surface area contributed by atoms with Crippen molar-refractivity contribution in [2.75, 3.05) is 13.2 Å². The third-order valence-corrected chi connectivity index (χ3v) is 4.20. The highest BCUT2D eigenvalue weighted by Crippen LogP contribution is 2.37. The van der Waals surface area contributed by atoms with E-state index in [1.807, 2.05) is 30.3 Å². The summed E-state index contributed by atoms with van der Waals surface area (Å²) in [6.07, 6.45) is 4.22.